The van der Waals surface area contributed by atoms with Gasteiger partial charge in [-0.05, 0) is 48.0 Å². The van der Waals surface area contributed by atoms with Gasteiger partial charge in [-0.15, -0.1) is 11.3 Å². The Hall–Kier alpha value is -4.28. The zero-order valence-electron chi connectivity index (χ0n) is 20.9. The van der Waals surface area contributed by atoms with E-state index >= 15 is 0 Å². The number of carbonyl (C=O) groups is 2. The molecule has 0 saturated carbocycles. The summed E-state index contributed by atoms with van der Waals surface area (Å²) >= 11 is 1.38. The maximum atomic E-state index is 13.7. The molecule has 3 N–H and O–H groups in total. The van der Waals surface area contributed by atoms with Gasteiger partial charge in [-0.2, -0.15) is 0 Å². The molecule has 0 radical (unpaired) electrons. The SMILES string of the molecule is COc1ccc(CN2Cc3c(-c4ccc(C(=O)[NH2+]Cc5ccc(F)c(OC)c5)s4)ccnc3NC2=O)cc1. The lowest BCUT2D eigenvalue weighted by molar-refractivity contribution is -0.571. The number of benzene rings is 2. The summed E-state index contributed by atoms with van der Waals surface area (Å²) in [5.41, 5.74) is 3.57. The number of thiophene rings is 1. The first-order chi connectivity index (χ1) is 18.4. The van der Waals surface area contributed by atoms with Crippen LogP contribution in [0.3, 0.4) is 0 Å². The van der Waals surface area contributed by atoms with E-state index in [1.807, 2.05) is 36.4 Å². The molecule has 3 heterocycles. The predicted molar refractivity (Wildman–Crippen MR) is 142 cm³/mol. The van der Waals surface area contributed by atoms with Crippen molar-refractivity contribution in [3.8, 4) is 21.9 Å². The molecule has 0 saturated heterocycles. The van der Waals surface area contributed by atoms with Crippen LogP contribution in [0.2, 0.25) is 0 Å². The first-order valence-electron chi connectivity index (χ1n) is 11.9. The number of fused-ring (bicyclic) bond motifs is 1. The number of urea groups is 1. The van der Waals surface area contributed by atoms with Crippen LogP contribution in [0, 0.1) is 5.82 Å². The van der Waals surface area contributed by atoms with Crippen molar-refractivity contribution in [2.75, 3.05) is 19.5 Å². The molecule has 2 aromatic carbocycles. The van der Waals surface area contributed by atoms with E-state index in [0.717, 1.165) is 32.9 Å². The van der Waals surface area contributed by atoms with Gasteiger partial charge >= 0.3 is 11.9 Å². The maximum absolute atomic E-state index is 13.7. The van der Waals surface area contributed by atoms with Crippen molar-refractivity contribution >= 4 is 29.1 Å². The molecule has 0 unspecified atom stereocenters. The number of hydrogen-bond acceptors (Lipinski definition) is 6. The van der Waals surface area contributed by atoms with Crippen molar-refractivity contribution in [2.24, 2.45) is 0 Å². The number of nitrogens with two attached hydrogens (primary N) is 1. The van der Waals surface area contributed by atoms with Crippen LogP contribution >= 0.6 is 11.3 Å². The predicted octanol–water partition coefficient (Wildman–Crippen LogP) is 4.42. The van der Waals surface area contributed by atoms with Gasteiger partial charge in [0.05, 0.1) is 20.8 Å². The quantitative estimate of drug-likeness (QED) is 0.350. The summed E-state index contributed by atoms with van der Waals surface area (Å²) in [7, 11) is 3.02. The fraction of sp³-hybridized carbons (Fsp3) is 0.179. The van der Waals surface area contributed by atoms with Crippen LogP contribution in [-0.2, 0) is 19.6 Å². The molecule has 4 aromatic rings. The zero-order chi connectivity index (χ0) is 26.6. The number of nitrogens with zero attached hydrogens (tertiary/aromatic N) is 2. The van der Waals surface area contributed by atoms with Gasteiger partial charge in [0.15, 0.2) is 11.6 Å². The number of carbonyl (C=O) groups excluding carboxylic acids is 2. The number of hydrogen-bond donors (Lipinski definition) is 2. The van der Waals surface area contributed by atoms with Crippen LogP contribution in [-0.4, -0.2) is 36.0 Å². The third-order valence-corrected chi connectivity index (χ3v) is 7.44. The summed E-state index contributed by atoms with van der Waals surface area (Å²) in [6.45, 7) is 1.18. The number of halogens is 1. The summed E-state index contributed by atoms with van der Waals surface area (Å²) < 4.78 is 23.9. The minimum absolute atomic E-state index is 0.109. The lowest BCUT2D eigenvalue weighted by Crippen LogP contribution is -2.86. The molecule has 1 aliphatic heterocycles. The van der Waals surface area contributed by atoms with Crippen LogP contribution in [0.5, 0.6) is 11.5 Å². The molecule has 0 aliphatic carbocycles. The smallest absolute Gasteiger partial charge is 0.352 e. The van der Waals surface area contributed by atoms with E-state index in [1.165, 1.54) is 24.5 Å². The largest absolute Gasteiger partial charge is 0.497 e. The number of rotatable bonds is 8. The Labute approximate surface area is 223 Å². The average molecular weight is 534 g/mol. The second-order valence-corrected chi connectivity index (χ2v) is 9.81. The van der Waals surface area contributed by atoms with Crippen LogP contribution in [0.4, 0.5) is 15.0 Å². The third kappa shape index (κ3) is 5.36. The Bertz CT molecular complexity index is 1490. The molecule has 1 aliphatic rings. The van der Waals surface area contributed by atoms with Crippen LogP contribution < -0.4 is 20.1 Å². The third-order valence-electron chi connectivity index (χ3n) is 6.30. The van der Waals surface area contributed by atoms with Crippen LogP contribution in [0.15, 0.2) is 66.9 Å². The molecule has 38 heavy (non-hydrogen) atoms. The Morgan fingerprint density at radius 3 is 2.63 bits per heavy atom. The van der Waals surface area contributed by atoms with Gasteiger partial charge < -0.3 is 14.4 Å². The molecule has 2 aromatic heterocycles. The second-order valence-electron chi connectivity index (χ2n) is 8.73. The van der Waals surface area contributed by atoms with Gasteiger partial charge in [-0.3, -0.25) is 10.6 Å². The van der Waals surface area contributed by atoms with E-state index in [4.69, 9.17) is 9.47 Å². The summed E-state index contributed by atoms with van der Waals surface area (Å²) in [5, 5.41) is 4.47. The number of ether oxygens (including phenoxy) is 2. The number of pyridine rings is 1. The standard InChI is InChI=1S/C28H25FN4O4S/c1-36-19-6-3-17(4-7-19)15-33-16-21-20(11-12-30-26(21)32-28(33)35)24-9-10-25(38-24)27(34)31-14-18-5-8-22(29)23(13-18)37-2/h3-13H,14-16H2,1-2H3,(H,31,34)(H,30,32,35)/p+1. The lowest BCUT2D eigenvalue weighted by atomic mass is 10.1. The highest BCUT2D eigenvalue weighted by atomic mass is 32.1. The van der Waals surface area contributed by atoms with Crippen LogP contribution in [0.1, 0.15) is 26.4 Å². The van der Waals surface area contributed by atoms with Crippen molar-refractivity contribution < 1.29 is 28.8 Å². The molecule has 0 spiro atoms. The molecular formula is C28H26FN4O4S+. The van der Waals surface area contributed by atoms with Gasteiger partial charge in [-0.25, -0.2) is 19.0 Å². The van der Waals surface area contributed by atoms with E-state index in [9.17, 15) is 14.0 Å². The minimum atomic E-state index is -0.440. The normalized spacial score (nSPS) is 12.6. The molecule has 0 bridgehead atoms. The number of primary amides is 1. The van der Waals surface area contributed by atoms with E-state index in [-0.39, 0.29) is 17.7 Å². The summed E-state index contributed by atoms with van der Waals surface area (Å²) in [4.78, 5) is 33.2. The Balaban J connectivity index is 1.31. The van der Waals surface area contributed by atoms with Crippen LogP contribution in [0.25, 0.3) is 10.4 Å². The van der Waals surface area contributed by atoms with Crippen molar-refractivity contribution in [1.29, 1.82) is 0 Å². The number of aromatic nitrogens is 1. The molecule has 8 nitrogen and oxygen atoms in total. The molecule has 194 valence electrons. The van der Waals surface area contributed by atoms with Crippen molar-refractivity contribution in [3.05, 3.63) is 94.2 Å². The summed E-state index contributed by atoms with van der Waals surface area (Å²) in [6.07, 6.45) is 1.66. The highest BCUT2D eigenvalue weighted by Crippen LogP contribution is 2.36. The second kappa shape index (κ2) is 11.0. The van der Waals surface area contributed by atoms with Gasteiger partial charge in [-0.1, -0.05) is 18.2 Å². The summed E-state index contributed by atoms with van der Waals surface area (Å²) in [5.74, 6) is 0.882. The molecular weight excluding hydrogens is 507 g/mol. The van der Waals surface area contributed by atoms with Gasteiger partial charge in [0.1, 0.15) is 23.0 Å². The number of anilines is 1. The molecule has 0 fully saturated rings. The molecule has 5 rings (SSSR count). The Morgan fingerprint density at radius 1 is 1.08 bits per heavy atom. The van der Waals surface area contributed by atoms with E-state index < -0.39 is 5.82 Å². The molecule has 0 atom stereocenters. The highest BCUT2D eigenvalue weighted by molar-refractivity contribution is 7.17. The minimum Gasteiger partial charge on any atom is -0.497 e. The van der Waals surface area contributed by atoms with Gasteiger partial charge in [0, 0.05) is 34.3 Å². The first kappa shape index (κ1) is 25.4. The van der Waals surface area contributed by atoms with Gasteiger partial charge in [0.25, 0.3) is 0 Å². The van der Waals surface area contributed by atoms with Crippen molar-refractivity contribution in [1.82, 2.24) is 9.88 Å². The molecule has 3 amide bonds. The Kier molecular flexibility index (Phi) is 7.34. The number of methoxy groups -OCH3 is 2. The Morgan fingerprint density at radius 2 is 1.87 bits per heavy atom. The number of nitrogens with one attached hydrogen (secondary N) is 1. The molecule has 10 heteroatoms. The lowest BCUT2D eigenvalue weighted by Gasteiger charge is -2.30. The fourth-order valence-corrected chi connectivity index (χ4v) is 5.26. The average Bonchev–Trinajstić information content (AvgIpc) is 3.43. The zero-order valence-corrected chi connectivity index (χ0v) is 21.7. The first-order valence-corrected chi connectivity index (χ1v) is 12.7. The number of quaternary nitrogens is 1. The highest BCUT2D eigenvalue weighted by Gasteiger charge is 2.27. The van der Waals surface area contributed by atoms with Crippen molar-refractivity contribution in [3.63, 3.8) is 0 Å². The van der Waals surface area contributed by atoms with E-state index in [2.05, 4.69) is 10.3 Å². The summed E-state index contributed by atoms with van der Waals surface area (Å²) in [6, 6.07) is 17.5. The fourth-order valence-electron chi connectivity index (χ4n) is 4.27. The monoisotopic (exact) mass is 533 g/mol. The van der Waals surface area contributed by atoms with E-state index in [1.54, 1.807) is 41.7 Å². The van der Waals surface area contributed by atoms with E-state index in [0.29, 0.717) is 30.3 Å². The topological polar surface area (TPSA) is 97.4 Å². The maximum Gasteiger partial charge on any atom is 0.352 e. The van der Waals surface area contributed by atoms with Gasteiger partial charge in [0.2, 0.25) is 0 Å². The number of amides is 3. The van der Waals surface area contributed by atoms with Crippen molar-refractivity contribution in [2.45, 2.75) is 19.6 Å².